The van der Waals surface area contributed by atoms with Crippen molar-refractivity contribution in [2.45, 2.75) is 64.7 Å². The number of halogens is 7. The molecule has 1 aromatic carbocycles. The average Bonchev–Trinajstić information content (AvgIpc) is 3.63. The minimum Gasteiger partial charge on any atom is -0.346 e. The molecule has 2 aliphatic carbocycles. The van der Waals surface area contributed by atoms with Crippen LogP contribution in [0.1, 0.15) is 72.3 Å². The molecule has 272 valence electrons. The number of alkyl halides is 5. The summed E-state index contributed by atoms with van der Waals surface area (Å²) in [6.07, 6.45) is -5.43. The number of nitrogens with zero attached hydrogens (tertiary/aromatic N) is 5. The number of carbonyl (C=O) groups is 1. The summed E-state index contributed by atoms with van der Waals surface area (Å²) in [6.45, 7) is 6.18. The van der Waals surface area contributed by atoms with E-state index in [1.807, 2.05) is 20.8 Å². The molecule has 0 bridgehead atoms. The van der Waals surface area contributed by atoms with Crippen molar-refractivity contribution in [3.63, 3.8) is 0 Å². The normalized spacial score (nSPS) is 17.6. The van der Waals surface area contributed by atoms with E-state index < -0.39 is 82.1 Å². The Morgan fingerprint density at radius 2 is 1.75 bits per heavy atom. The summed E-state index contributed by atoms with van der Waals surface area (Å²) in [4.78, 5) is 31.2. The Hall–Kier alpha value is -5.90. The van der Waals surface area contributed by atoms with Gasteiger partial charge < -0.3 is 5.32 Å². The van der Waals surface area contributed by atoms with E-state index in [0.29, 0.717) is 33.2 Å². The molecule has 3 atom stereocenters. The van der Waals surface area contributed by atoms with E-state index in [1.165, 1.54) is 4.40 Å². The maximum Gasteiger partial charge on any atom is 0.435 e. The number of aromatic amines is 1. The van der Waals surface area contributed by atoms with Crippen molar-refractivity contribution in [1.82, 2.24) is 34.7 Å². The number of amides is 1. The van der Waals surface area contributed by atoms with Crippen molar-refractivity contribution in [2.24, 2.45) is 11.3 Å². The third-order valence-electron chi connectivity index (χ3n) is 8.93. The molecule has 4 aromatic heterocycles. The lowest BCUT2D eigenvalue weighted by Gasteiger charge is -2.24. The Kier molecular flexibility index (Phi) is 8.28. The molecule has 2 N–H and O–H groups in total. The Bertz CT molecular complexity index is 2500. The van der Waals surface area contributed by atoms with Crippen molar-refractivity contribution in [2.75, 3.05) is 0 Å². The van der Waals surface area contributed by atoms with Crippen molar-refractivity contribution in [3.8, 4) is 34.8 Å². The van der Waals surface area contributed by atoms with Gasteiger partial charge in [-0.2, -0.15) is 32.1 Å². The molecule has 0 unspecified atom stereocenters. The predicted octanol–water partition coefficient (Wildman–Crippen LogP) is 6.21. The standard InChI is InChI=1S/C37H28F7N7O2/c1-18-23(8-10-28-47-48-34(53)51(18)28)24-6-5-22(11-12-35(2,3)4)45-31(24)27(15-19-13-20(38)16-21(39)14-19)46-29(52)17-50-33-30(32(49-50)37(42,43)44)25-7-9-26(25)36(33,40)41/h5-6,8,10,13-14,16,25-27H,15,17H2,1-4H3,(H,46,52)(H,48,53)/t25-,26+,27-/m0/s1. The van der Waals surface area contributed by atoms with E-state index in [4.69, 9.17) is 4.98 Å². The molecule has 5 aromatic rings. The molecule has 9 nitrogen and oxygen atoms in total. The molecule has 0 saturated carbocycles. The van der Waals surface area contributed by atoms with Gasteiger partial charge in [0.1, 0.15) is 35.5 Å². The number of hydrogen-bond donors (Lipinski definition) is 2. The molecular formula is C37H28F7N7O2. The minimum absolute atomic E-state index is 0.0598. The second kappa shape index (κ2) is 12.4. The largest absolute Gasteiger partial charge is 0.435 e. The zero-order valence-electron chi connectivity index (χ0n) is 28.4. The molecule has 0 saturated heterocycles. The smallest absolute Gasteiger partial charge is 0.346 e. The summed E-state index contributed by atoms with van der Waals surface area (Å²) < 4.78 is 104. The maximum absolute atomic E-state index is 15.4. The van der Waals surface area contributed by atoms with Gasteiger partial charge in [0.25, 0.3) is 0 Å². The number of pyridine rings is 2. The topological polar surface area (TPSA) is 110 Å². The van der Waals surface area contributed by atoms with Crippen LogP contribution in [0.4, 0.5) is 30.7 Å². The third-order valence-corrected chi connectivity index (χ3v) is 8.93. The molecule has 4 heterocycles. The van der Waals surface area contributed by atoms with Gasteiger partial charge in [-0.1, -0.05) is 17.8 Å². The highest BCUT2D eigenvalue weighted by Crippen LogP contribution is 2.58. The van der Waals surface area contributed by atoms with E-state index in [-0.39, 0.29) is 23.4 Å². The van der Waals surface area contributed by atoms with Gasteiger partial charge in [-0.3, -0.25) is 9.48 Å². The molecule has 7 rings (SSSR count). The van der Waals surface area contributed by atoms with E-state index in [9.17, 15) is 31.5 Å². The van der Waals surface area contributed by atoms with Crippen LogP contribution < -0.4 is 11.0 Å². The van der Waals surface area contributed by atoms with E-state index in [0.717, 1.165) is 12.1 Å². The number of hydrogen-bond acceptors (Lipinski definition) is 5. The summed E-state index contributed by atoms with van der Waals surface area (Å²) in [5.41, 5.74) is -2.48. The van der Waals surface area contributed by atoms with Crippen molar-refractivity contribution in [3.05, 3.63) is 104 Å². The second-order valence-corrected chi connectivity index (χ2v) is 13.9. The van der Waals surface area contributed by atoms with Gasteiger partial charge in [0.2, 0.25) is 5.91 Å². The Morgan fingerprint density at radius 3 is 2.40 bits per heavy atom. The van der Waals surface area contributed by atoms with Crippen molar-refractivity contribution in [1.29, 1.82) is 0 Å². The van der Waals surface area contributed by atoms with Crippen LogP contribution in [0.2, 0.25) is 0 Å². The monoisotopic (exact) mass is 735 g/mol. The summed E-state index contributed by atoms with van der Waals surface area (Å²) in [5, 5.41) is 12.4. The second-order valence-electron chi connectivity index (χ2n) is 13.9. The number of benzene rings is 1. The van der Waals surface area contributed by atoms with E-state index >= 15 is 8.78 Å². The van der Waals surface area contributed by atoms with Gasteiger partial charge in [0, 0.05) is 33.9 Å². The highest BCUT2D eigenvalue weighted by Gasteiger charge is 2.62. The first-order valence-electron chi connectivity index (χ1n) is 16.2. The zero-order valence-corrected chi connectivity index (χ0v) is 28.4. The molecule has 0 aliphatic heterocycles. The molecule has 0 spiro atoms. The van der Waals surface area contributed by atoms with E-state index in [2.05, 4.69) is 44.3 Å². The van der Waals surface area contributed by atoms with Crippen LogP contribution in [0.15, 0.2) is 47.3 Å². The molecule has 0 radical (unpaired) electrons. The van der Waals surface area contributed by atoms with Crippen molar-refractivity contribution >= 4 is 11.6 Å². The number of aromatic nitrogens is 6. The lowest BCUT2D eigenvalue weighted by molar-refractivity contribution is -0.142. The number of rotatable bonds is 7. The van der Waals surface area contributed by atoms with Gasteiger partial charge in [-0.25, -0.2) is 28.1 Å². The quantitative estimate of drug-likeness (QED) is 0.153. The van der Waals surface area contributed by atoms with E-state index in [1.54, 1.807) is 31.2 Å². The molecule has 1 amide bonds. The van der Waals surface area contributed by atoms with Gasteiger partial charge in [0.05, 0.1) is 17.7 Å². The lowest BCUT2D eigenvalue weighted by atomic mass is 9.84. The fraction of sp³-hybridized carbons (Fsp3) is 0.324. The summed E-state index contributed by atoms with van der Waals surface area (Å²) in [7, 11) is 0. The molecule has 16 heteroatoms. The number of H-pyrrole nitrogens is 1. The average molecular weight is 736 g/mol. The van der Waals surface area contributed by atoms with Crippen LogP contribution >= 0.6 is 0 Å². The summed E-state index contributed by atoms with van der Waals surface area (Å²) >= 11 is 0. The van der Waals surface area contributed by atoms with Crippen molar-refractivity contribution < 1.29 is 35.5 Å². The van der Waals surface area contributed by atoms with Gasteiger partial charge in [-0.15, -0.1) is 0 Å². The highest BCUT2D eigenvalue weighted by atomic mass is 19.4. The van der Waals surface area contributed by atoms with Gasteiger partial charge in [-0.05, 0) is 82.0 Å². The molecule has 0 fully saturated rings. The number of fused-ring (bicyclic) bond motifs is 4. The van der Waals surface area contributed by atoms with Crippen LogP contribution in [0.3, 0.4) is 0 Å². The summed E-state index contributed by atoms with van der Waals surface area (Å²) in [6, 6.07) is 7.86. The fourth-order valence-electron chi connectivity index (χ4n) is 6.66. The van der Waals surface area contributed by atoms with Crippen LogP contribution in [0, 0.1) is 53.6 Å². The first-order valence-corrected chi connectivity index (χ1v) is 16.2. The molecule has 2 aliphatic rings. The first-order chi connectivity index (χ1) is 24.8. The minimum atomic E-state index is -5.11. The lowest BCUT2D eigenvalue weighted by Crippen LogP contribution is -2.36. The Morgan fingerprint density at radius 1 is 1.06 bits per heavy atom. The Balaban J connectivity index is 1.36. The van der Waals surface area contributed by atoms with Crippen LogP contribution in [-0.2, 0) is 29.9 Å². The van der Waals surface area contributed by atoms with Crippen LogP contribution in [0.5, 0.6) is 0 Å². The molecular weight excluding hydrogens is 707 g/mol. The third kappa shape index (κ3) is 6.43. The molecule has 53 heavy (non-hydrogen) atoms. The van der Waals surface area contributed by atoms with Gasteiger partial charge in [0.15, 0.2) is 11.3 Å². The number of nitrogens with one attached hydrogen (secondary N) is 2. The summed E-state index contributed by atoms with van der Waals surface area (Å²) in [5.74, 6) is 0.815. The van der Waals surface area contributed by atoms with Gasteiger partial charge >= 0.3 is 17.8 Å². The zero-order chi connectivity index (χ0) is 38.2. The first kappa shape index (κ1) is 35.5. The number of carbonyl (C=O) groups excluding carboxylic acids is 1. The fourth-order valence-corrected chi connectivity index (χ4v) is 6.66. The Labute approximate surface area is 296 Å². The number of aryl methyl sites for hydroxylation is 1. The van der Waals surface area contributed by atoms with Crippen LogP contribution in [-0.4, -0.2) is 35.3 Å². The maximum atomic E-state index is 15.4. The van der Waals surface area contributed by atoms with Crippen LogP contribution in [0.25, 0.3) is 16.8 Å². The highest BCUT2D eigenvalue weighted by molar-refractivity contribution is 5.78. The SMILES string of the molecule is Cc1c(-c2ccc(C#CC(C)(C)C)nc2[C@H](Cc2cc(F)cc(F)c2)NC(=O)Cn2nc(C(F)(F)F)c3c2C(F)(F)[C@@H]2C#C[C@H]32)ccc2n[nH]c(=O)n12. The predicted molar refractivity (Wildman–Crippen MR) is 176 cm³/mol.